The number of nitrogens with zero attached hydrogens (tertiary/aromatic N) is 1. The van der Waals surface area contributed by atoms with Crippen molar-refractivity contribution < 1.29 is 23.7 Å². The minimum atomic E-state index is -0.340. The second kappa shape index (κ2) is 8.74. The molecular weight excluding hydrogens is 370 g/mol. The van der Waals surface area contributed by atoms with Gasteiger partial charge >= 0.3 is 0 Å². The molecule has 0 radical (unpaired) electrons. The lowest BCUT2D eigenvalue weighted by molar-refractivity contribution is 0.0963. The minimum absolute atomic E-state index is 0.0546. The fourth-order valence-electron chi connectivity index (χ4n) is 3.97. The first-order valence-electron chi connectivity index (χ1n) is 9.66. The van der Waals surface area contributed by atoms with Crippen molar-refractivity contribution in [3.05, 3.63) is 46.5 Å². The molecule has 156 valence electrons. The van der Waals surface area contributed by atoms with Crippen molar-refractivity contribution in [2.75, 3.05) is 42.0 Å². The summed E-state index contributed by atoms with van der Waals surface area (Å²) in [6, 6.07) is 7.55. The zero-order valence-electron chi connectivity index (χ0n) is 18.0. The fraction of sp³-hybridized carbons (Fsp3) is 0.435. The highest BCUT2D eigenvalue weighted by Crippen LogP contribution is 2.40. The van der Waals surface area contributed by atoms with Gasteiger partial charge in [0.25, 0.3) is 0 Å². The van der Waals surface area contributed by atoms with Crippen molar-refractivity contribution in [2.45, 2.75) is 25.8 Å². The van der Waals surface area contributed by atoms with Gasteiger partial charge in [0, 0.05) is 30.1 Å². The summed E-state index contributed by atoms with van der Waals surface area (Å²) in [7, 11) is 8.52. The van der Waals surface area contributed by atoms with Crippen LogP contribution >= 0.6 is 0 Å². The van der Waals surface area contributed by atoms with Crippen LogP contribution in [0, 0.1) is 0 Å². The van der Waals surface area contributed by atoms with E-state index in [0.717, 1.165) is 29.7 Å². The molecule has 1 unspecified atom stereocenters. The number of fused-ring (bicyclic) bond motifs is 2. The second-order valence-electron chi connectivity index (χ2n) is 7.31. The average Bonchev–Trinajstić information content (AvgIpc) is 2.74. The Morgan fingerprint density at radius 1 is 0.931 bits per heavy atom. The third-order valence-electron chi connectivity index (χ3n) is 5.61. The molecule has 0 saturated carbocycles. The first-order chi connectivity index (χ1) is 13.9. The molecule has 0 fully saturated rings. The molecule has 0 bridgehead atoms. The molecule has 0 amide bonds. The van der Waals surface area contributed by atoms with Crippen molar-refractivity contribution in [2.24, 2.45) is 0 Å². The summed E-state index contributed by atoms with van der Waals surface area (Å²) in [5, 5.41) is 0. The lowest BCUT2D eigenvalue weighted by Gasteiger charge is -2.27. The molecule has 0 saturated heterocycles. The zero-order chi connectivity index (χ0) is 21.1. The van der Waals surface area contributed by atoms with Crippen LogP contribution in [-0.2, 0) is 13.0 Å². The first kappa shape index (κ1) is 21.0. The molecule has 0 aromatic heterocycles. The summed E-state index contributed by atoms with van der Waals surface area (Å²) in [6.45, 7) is 3.38. The maximum absolute atomic E-state index is 13.5. The quantitative estimate of drug-likeness (QED) is 0.782. The number of carbonyl (C=O) groups is 1. The maximum Gasteiger partial charge on any atom is 0.170 e. The summed E-state index contributed by atoms with van der Waals surface area (Å²) in [5.74, 6) is 2.27. The Morgan fingerprint density at radius 2 is 1.59 bits per heavy atom. The van der Waals surface area contributed by atoms with E-state index in [0.29, 0.717) is 35.1 Å². The Bertz CT molecular complexity index is 909. The summed E-state index contributed by atoms with van der Waals surface area (Å²) in [4.78, 5) is 15.8. The molecule has 0 aliphatic carbocycles. The molecule has 2 aromatic rings. The molecule has 6 heteroatoms. The third kappa shape index (κ3) is 3.90. The lowest BCUT2D eigenvalue weighted by Crippen LogP contribution is -2.26. The van der Waals surface area contributed by atoms with E-state index in [-0.39, 0.29) is 11.7 Å². The Hall–Kier alpha value is -2.73. The van der Waals surface area contributed by atoms with E-state index in [9.17, 15) is 4.79 Å². The molecule has 3 rings (SSSR count). The van der Waals surface area contributed by atoms with Gasteiger partial charge in [-0.15, -0.1) is 0 Å². The minimum Gasteiger partial charge on any atom is -0.493 e. The molecule has 0 spiro atoms. The van der Waals surface area contributed by atoms with Gasteiger partial charge in [0.15, 0.2) is 28.8 Å². The topological polar surface area (TPSA) is 57.2 Å². The number of hydrogen-bond donors (Lipinski definition) is 0. The number of hydrogen-bond acceptors (Lipinski definition) is 6. The van der Waals surface area contributed by atoms with Gasteiger partial charge in [-0.2, -0.15) is 0 Å². The van der Waals surface area contributed by atoms with E-state index < -0.39 is 0 Å². The van der Waals surface area contributed by atoms with Gasteiger partial charge in [-0.05, 0) is 42.8 Å². The number of ether oxygens (including phenoxy) is 4. The molecule has 0 N–H and O–H groups in total. The van der Waals surface area contributed by atoms with Crippen LogP contribution in [0.4, 0.5) is 0 Å². The van der Waals surface area contributed by atoms with E-state index >= 15 is 0 Å². The molecule has 1 heterocycles. The van der Waals surface area contributed by atoms with Crippen molar-refractivity contribution in [1.82, 2.24) is 4.90 Å². The normalized spacial score (nSPS) is 17.2. The molecule has 1 aliphatic heterocycles. The van der Waals surface area contributed by atoms with Crippen LogP contribution in [0.5, 0.6) is 23.0 Å². The highest BCUT2D eigenvalue weighted by atomic mass is 16.5. The summed E-state index contributed by atoms with van der Waals surface area (Å²) in [5.41, 5.74) is 3.57. The van der Waals surface area contributed by atoms with Gasteiger partial charge in [0.2, 0.25) is 0 Å². The highest BCUT2D eigenvalue weighted by molar-refractivity contribution is 6.03. The summed E-state index contributed by atoms with van der Waals surface area (Å²) in [6.07, 6.45) is 0.728. The van der Waals surface area contributed by atoms with Crippen LogP contribution in [0.15, 0.2) is 24.3 Å². The number of methoxy groups -OCH3 is 4. The largest absolute Gasteiger partial charge is 0.493 e. The van der Waals surface area contributed by atoms with Gasteiger partial charge in [-0.25, -0.2) is 0 Å². The smallest absolute Gasteiger partial charge is 0.170 e. The predicted molar refractivity (Wildman–Crippen MR) is 112 cm³/mol. The van der Waals surface area contributed by atoms with Crippen LogP contribution in [0.1, 0.15) is 39.9 Å². The molecule has 6 nitrogen and oxygen atoms in total. The summed E-state index contributed by atoms with van der Waals surface area (Å²) < 4.78 is 22.1. The fourth-order valence-corrected chi connectivity index (χ4v) is 3.97. The number of ketones is 1. The van der Waals surface area contributed by atoms with Crippen LogP contribution < -0.4 is 18.9 Å². The first-order valence-corrected chi connectivity index (χ1v) is 9.66. The van der Waals surface area contributed by atoms with Gasteiger partial charge < -0.3 is 23.8 Å². The molecular formula is C23H29NO5. The SMILES string of the molecule is COc1cc2c(cc1OC)C(=O)C(C)c1ccc(OC)c(OC)c1CN(C)CC2. The number of rotatable bonds is 4. The Morgan fingerprint density at radius 3 is 2.21 bits per heavy atom. The van der Waals surface area contributed by atoms with Crippen molar-refractivity contribution >= 4 is 5.78 Å². The van der Waals surface area contributed by atoms with Gasteiger partial charge in [-0.3, -0.25) is 4.79 Å². The Labute approximate surface area is 172 Å². The molecule has 29 heavy (non-hydrogen) atoms. The number of benzene rings is 2. The van der Waals surface area contributed by atoms with Crippen LogP contribution in [0.2, 0.25) is 0 Å². The number of likely N-dealkylation sites (N-methyl/N-ethyl adjacent to an activating group) is 1. The predicted octanol–water partition coefficient (Wildman–Crippen LogP) is 3.70. The van der Waals surface area contributed by atoms with Gasteiger partial charge in [0.05, 0.1) is 28.4 Å². The molecule has 1 atom stereocenters. The van der Waals surface area contributed by atoms with Gasteiger partial charge in [0.1, 0.15) is 0 Å². The standard InChI is InChI=1S/C23H29NO5/c1-14-16-7-8-19(26-3)23(29-6)18(16)13-24(2)10-9-15-11-20(27-4)21(28-5)12-17(15)22(14)25/h7-8,11-12,14H,9-10,13H2,1-6H3. The lowest BCUT2D eigenvalue weighted by atomic mass is 9.85. The van der Waals surface area contributed by atoms with E-state index in [2.05, 4.69) is 11.9 Å². The monoisotopic (exact) mass is 399 g/mol. The van der Waals surface area contributed by atoms with Crippen LogP contribution in [0.3, 0.4) is 0 Å². The van der Waals surface area contributed by atoms with Gasteiger partial charge in [-0.1, -0.05) is 13.0 Å². The van der Waals surface area contributed by atoms with Crippen LogP contribution in [-0.4, -0.2) is 52.7 Å². The number of Topliss-reactive ketones (excluding diaryl/α,β-unsaturated/α-hetero) is 1. The van der Waals surface area contributed by atoms with Crippen molar-refractivity contribution in [3.63, 3.8) is 0 Å². The van der Waals surface area contributed by atoms with Crippen LogP contribution in [0.25, 0.3) is 0 Å². The van der Waals surface area contributed by atoms with Crippen molar-refractivity contribution in [1.29, 1.82) is 0 Å². The average molecular weight is 399 g/mol. The maximum atomic E-state index is 13.5. The van der Waals surface area contributed by atoms with E-state index in [1.54, 1.807) is 34.5 Å². The molecule has 2 aromatic carbocycles. The Kier molecular flexibility index (Phi) is 6.33. The third-order valence-corrected chi connectivity index (χ3v) is 5.61. The zero-order valence-corrected chi connectivity index (χ0v) is 18.0. The second-order valence-corrected chi connectivity index (χ2v) is 7.31. The van der Waals surface area contributed by atoms with Crippen molar-refractivity contribution in [3.8, 4) is 23.0 Å². The molecule has 1 aliphatic rings. The highest BCUT2D eigenvalue weighted by Gasteiger charge is 2.28. The summed E-state index contributed by atoms with van der Waals surface area (Å²) >= 11 is 0. The van der Waals surface area contributed by atoms with E-state index in [4.69, 9.17) is 18.9 Å². The Balaban J connectivity index is 2.19. The van der Waals surface area contributed by atoms with E-state index in [1.807, 2.05) is 25.1 Å². The number of carbonyl (C=O) groups excluding carboxylic acids is 1. The van der Waals surface area contributed by atoms with E-state index in [1.165, 1.54) is 0 Å².